The summed E-state index contributed by atoms with van der Waals surface area (Å²) in [4.78, 5) is 25.5. The number of benzene rings is 1. The summed E-state index contributed by atoms with van der Waals surface area (Å²) in [5.74, 6) is 0.158. The summed E-state index contributed by atoms with van der Waals surface area (Å²) in [6, 6.07) is 7.94. The predicted octanol–water partition coefficient (Wildman–Crippen LogP) is 1.66. The molecule has 3 rings (SSSR count). The highest BCUT2D eigenvalue weighted by atomic mass is 16.5. The van der Waals surface area contributed by atoms with Gasteiger partial charge in [0.2, 0.25) is 5.88 Å². The van der Waals surface area contributed by atoms with Gasteiger partial charge in [-0.1, -0.05) is 12.1 Å². The van der Waals surface area contributed by atoms with Crippen LogP contribution in [0.4, 0.5) is 10.7 Å². The lowest BCUT2D eigenvalue weighted by atomic mass is 10.2. The molecule has 6 heteroatoms. The van der Waals surface area contributed by atoms with E-state index in [1.165, 1.54) is 6.07 Å². The number of ether oxygens (including phenoxy) is 1. The number of urea groups is 1. The van der Waals surface area contributed by atoms with Gasteiger partial charge in [-0.15, -0.1) is 0 Å². The first-order valence-corrected chi connectivity index (χ1v) is 6.40. The lowest BCUT2D eigenvalue weighted by Gasteiger charge is -2.26. The minimum Gasteiger partial charge on any atom is -0.440 e. The van der Waals surface area contributed by atoms with Crippen LogP contribution < -0.4 is 10.7 Å². The van der Waals surface area contributed by atoms with Crippen molar-refractivity contribution in [2.45, 2.75) is 0 Å². The first kappa shape index (κ1) is 12.7. The normalized spacial score (nSPS) is 15.3. The average Bonchev–Trinajstić information content (AvgIpc) is 2.48. The number of anilines is 1. The Morgan fingerprint density at radius 1 is 1.20 bits per heavy atom. The van der Waals surface area contributed by atoms with E-state index in [2.05, 4.69) is 5.32 Å². The molecule has 0 saturated carbocycles. The van der Waals surface area contributed by atoms with Gasteiger partial charge in [0.25, 0.3) is 0 Å². The molecule has 2 heterocycles. The predicted molar refractivity (Wildman–Crippen MR) is 73.9 cm³/mol. The van der Waals surface area contributed by atoms with Crippen molar-refractivity contribution in [2.75, 3.05) is 31.6 Å². The molecule has 0 unspecified atom stereocenters. The number of nitrogens with zero attached hydrogens (tertiary/aromatic N) is 1. The number of nitrogens with one attached hydrogen (secondary N) is 1. The molecule has 20 heavy (non-hydrogen) atoms. The van der Waals surface area contributed by atoms with Gasteiger partial charge in [0, 0.05) is 19.2 Å². The molecule has 1 aliphatic rings. The molecule has 1 fully saturated rings. The van der Waals surface area contributed by atoms with Gasteiger partial charge >= 0.3 is 6.03 Å². The maximum absolute atomic E-state index is 12.0. The SMILES string of the molecule is O=C(Nc1cc(=O)c2ccccc2o1)N1CCOCC1. The number of hydrogen-bond donors (Lipinski definition) is 1. The molecule has 2 aromatic rings. The van der Waals surface area contributed by atoms with Gasteiger partial charge in [-0.25, -0.2) is 4.79 Å². The Bertz CT molecular complexity index is 689. The van der Waals surface area contributed by atoms with Gasteiger partial charge in [0.05, 0.1) is 18.6 Å². The van der Waals surface area contributed by atoms with E-state index in [1.807, 2.05) is 0 Å². The fraction of sp³-hybridized carbons (Fsp3) is 0.286. The molecule has 2 amide bonds. The van der Waals surface area contributed by atoms with Crippen molar-refractivity contribution < 1.29 is 13.9 Å². The van der Waals surface area contributed by atoms with E-state index < -0.39 is 0 Å². The summed E-state index contributed by atoms with van der Waals surface area (Å²) in [5, 5.41) is 3.11. The van der Waals surface area contributed by atoms with Crippen molar-refractivity contribution in [3.63, 3.8) is 0 Å². The first-order valence-electron chi connectivity index (χ1n) is 6.40. The third-order valence-electron chi connectivity index (χ3n) is 3.16. The summed E-state index contributed by atoms with van der Waals surface area (Å²) in [6.07, 6.45) is 0. The van der Waals surface area contributed by atoms with E-state index in [4.69, 9.17) is 9.15 Å². The first-order chi connectivity index (χ1) is 9.74. The van der Waals surface area contributed by atoms with Crippen LogP contribution in [0.5, 0.6) is 0 Å². The monoisotopic (exact) mass is 274 g/mol. The second-order valence-corrected chi connectivity index (χ2v) is 4.50. The number of para-hydroxylation sites is 1. The Morgan fingerprint density at radius 3 is 2.75 bits per heavy atom. The third kappa shape index (κ3) is 2.50. The lowest BCUT2D eigenvalue weighted by molar-refractivity contribution is 0.0563. The smallest absolute Gasteiger partial charge is 0.324 e. The highest BCUT2D eigenvalue weighted by Gasteiger charge is 2.17. The van der Waals surface area contributed by atoms with Gasteiger partial charge in [0.1, 0.15) is 5.58 Å². The number of fused-ring (bicyclic) bond motifs is 1. The summed E-state index contributed by atoms with van der Waals surface area (Å²) in [6.45, 7) is 2.11. The maximum atomic E-state index is 12.0. The maximum Gasteiger partial charge on any atom is 0.324 e. The number of hydrogen-bond acceptors (Lipinski definition) is 4. The van der Waals surface area contributed by atoms with Crippen molar-refractivity contribution >= 4 is 22.9 Å². The zero-order valence-electron chi connectivity index (χ0n) is 10.8. The highest BCUT2D eigenvalue weighted by molar-refractivity contribution is 5.89. The van der Waals surface area contributed by atoms with Crippen LogP contribution in [0.25, 0.3) is 11.0 Å². The molecule has 0 spiro atoms. The Balaban J connectivity index is 1.83. The summed E-state index contributed by atoms with van der Waals surface area (Å²) < 4.78 is 10.7. The molecule has 1 N–H and O–H groups in total. The van der Waals surface area contributed by atoms with E-state index in [0.29, 0.717) is 37.3 Å². The number of rotatable bonds is 1. The van der Waals surface area contributed by atoms with E-state index in [-0.39, 0.29) is 17.3 Å². The molecule has 6 nitrogen and oxygen atoms in total. The number of carbonyl (C=O) groups is 1. The fourth-order valence-electron chi connectivity index (χ4n) is 2.12. The van der Waals surface area contributed by atoms with Crippen molar-refractivity contribution in [1.29, 1.82) is 0 Å². The van der Waals surface area contributed by atoms with Crippen LogP contribution in [0.3, 0.4) is 0 Å². The van der Waals surface area contributed by atoms with E-state index in [1.54, 1.807) is 29.2 Å². The molecule has 1 aromatic heterocycles. The highest BCUT2D eigenvalue weighted by Crippen LogP contribution is 2.15. The average molecular weight is 274 g/mol. The van der Waals surface area contributed by atoms with Crippen LogP contribution in [0.15, 0.2) is 39.5 Å². The number of carbonyl (C=O) groups excluding carboxylic acids is 1. The van der Waals surface area contributed by atoms with Crippen LogP contribution in [0.1, 0.15) is 0 Å². The summed E-state index contributed by atoms with van der Waals surface area (Å²) >= 11 is 0. The molecule has 0 radical (unpaired) electrons. The van der Waals surface area contributed by atoms with Crippen LogP contribution in [-0.2, 0) is 4.74 Å². The Hall–Kier alpha value is -2.34. The minimum absolute atomic E-state index is 0.158. The third-order valence-corrected chi connectivity index (χ3v) is 3.16. The lowest BCUT2D eigenvalue weighted by Crippen LogP contribution is -2.43. The van der Waals surface area contributed by atoms with Crippen molar-refractivity contribution in [1.82, 2.24) is 4.90 Å². The molecule has 0 atom stereocenters. The molecule has 1 aromatic carbocycles. The fourth-order valence-corrected chi connectivity index (χ4v) is 2.12. The van der Waals surface area contributed by atoms with Crippen molar-refractivity contribution in [3.05, 3.63) is 40.6 Å². The molecule has 104 valence electrons. The molecule has 1 aliphatic heterocycles. The number of amides is 2. The van der Waals surface area contributed by atoms with Gasteiger partial charge < -0.3 is 14.1 Å². The molecular weight excluding hydrogens is 260 g/mol. The second kappa shape index (κ2) is 5.34. The van der Waals surface area contributed by atoms with Gasteiger partial charge in [-0.3, -0.25) is 10.1 Å². The van der Waals surface area contributed by atoms with E-state index in [0.717, 1.165) is 0 Å². The molecule has 0 aliphatic carbocycles. The van der Waals surface area contributed by atoms with Crippen molar-refractivity contribution in [3.8, 4) is 0 Å². The topological polar surface area (TPSA) is 71.8 Å². The minimum atomic E-state index is -0.285. The quantitative estimate of drug-likeness (QED) is 0.858. The van der Waals surface area contributed by atoms with Crippen LogP contribution in [-0.4, -0.2) is 37.2 Å². The second-order valence-electron chi connectivity index (χ2n) is 4.50. The van der Waals surface area contributed by atoms with Crippen LogP contribution >= 0.6 is 0 Å². The van der Waals surface area contributed by atoms with Crippen LogP contribution in [0, 0.1) is 0 Å². The van der Waals surface area contributed by atoms with Crippen molar-refractivity contribution in [2.24, 2.45) is 0 Å². The Kier molecular flexibility index (Phi) is 3.39. The summed E-state index contributed by atoms with van der Waals surface area (Å²) in [5.41, 5.74) is 0.279. The molecule has 1 saturated heterocycles. The Labute approximate surface area is 114 Å². The number of morpholine rings is 1. The van der Waals surface area contributed by atoms with E-state index in [9.17, 15) is 9.59 Å². The molecular formula is C14H14N2O4. The Morgan fingerprint density at radius 2 is 1.95 bits per heavy atom. The van der Waals surface area contributed by atoms with Gasteiger partial charge in [0.15, 0.2) is 5.43 Å². The van der Waals surface area contributed by atoms with Gasteiger partial charge in [-0.2, -0.15) is 0 Å². The zero-order valence-corrected chi connectivity index (χ0v) is 10.8. The zero-order chi connectivity index (χ0) is 13.9. The van der Waals surface area contributed by atoms with Crippen LogP contribution in [0.2, 0.25) is 0 Å². The standard InChI is InChI=1S/C14H14N2O4/c17-11-9-13(20-12-4-2-1-3-10(11)12)15-14(18)16-5-7-19-8-6-16/h1-4,9H,5-8H2,(H,15,18). The van der Waals surface area contributed by atoms with E-state index >= 15 is 0 Å². The molecule has 0 bridgehead atoms. The summed E-state index contributed by atoms with van der Waals surface area (Å²) in [7, 11) is 0. The van der Waals surface area contributed by atoms with Gasteiger partial charge in [-0.05, 0) is 12.1 Å². The largest absolute Gasteiger partial charge is 0.440 e.